The fourth-order valence-corrected chi connectivity index (χ4v) is 3.33. The Morgan fingerprint density at radius 2 is 2.05 bits per heavy atom. The second-order valence-corrected chi connectivity index (χ2v) is 6.01. The number of nitrogens with one attached hydrogen (secondary N) is 2. The van der Waals surface area contributed by atoms with Gasteiger partial charge in [-0.1, -0.05) is 0 Å². The SMILES string of the molecule is CC1(C)O[C@@H]2[C@H](O1)[C@H]1CC(=N)c3cc(=O)[nH]c(=O)n3[C@@H]2O1. The minimum absolute atomic E-state index is 0.192. The molecular weight excluding hydrogens is 278 g/mol. The first-order chi connectivity index (χ1) is 9.85. The number of H-pyrrole nitrogens is 1. The maximum absolute atomic E-state index is 12.2. The van der Waals surface area contributed by atoms with E-state index in [1.165, 1.54) is 10.6 Å². The van der Waals surface area contributed by atoms with Gasteiger partial charge in [0.2, 0.25) is 0 Å². The van der Waals surface area contributed by atoms with E-state index in [4.69, 9.17) is 19.6 Å². The van der Waals surface area contributed by atoms with Crippen molar-refractivity contribution in [3.63, 3.8) is 0 Å². The highest BCUT2D eigenvalue weighted by Gasteiger charge is 2.57. The average Bonchev–Trinajstić information content (AvgIpc) is 2.77. The standard InChI is InChI=1S/C13H15N3O5/c1-13(2)20-9-7-3-5(14)6-4-8(17)15-12(18)16(6)11(19-7)10(9)21-13/h4,7,9-11,14H,3H2,1-2H3,(H,15,17,18)/t7-,9-,10-,11-/m1/s1. The summed E-state index contributed by atoms with van der Waals surface area (Å²) in [6, 6.07) is 1.25. The number of rotatable bonds is 0. The van der Waals surface area contributed by atoms with Crippen molar-refractivity contribution in [1.29, 1.82) is 5.41 Å². The largest absolute Gasteiger partial charge is 0.348 e. The van der Waals surface area contributed by atoms with Crippen molar-refractivity contribution in [1.82, 2.24) is 9.55 Å². The van der Waals surface area contributed by atoms with Crippen LogP contribution in [0.25, 0.3) is 0 Å². The van der Waals surface area contributed by atoms with Crippen molar-refractivity contribution in [2.45, 2.75) is 50.6 Å². The van der Waals surface area contributed by atoms with E-state index in [9.17, 15) is 9.59 Å². The van der Waals surface area contributed by atoms with Gasteiger partial charge in [0.1, 0.15) is 12.2 Å². The van der Waals surface area contributed by atoms with E-state index < -0.39 is 29.4 Å². The zero-order chi connectivity index (χ0) is 14.9. The van der Waals surface area contributed by atoms with Crippen LogP contribution in [0.1, 0.15) is 32.2 Å². The Morgan fingerprint density at radius 3 is 2.81 bits per heavy atom. The summed E-state index contributed by atoms with van der Waals surface area (Å²) >= 11 is 0. The highest BCUT2D eigenvalue weighted by molar-refractivity contribution is 5.97. The van der Waals surface area contributed by atoms with Crippen LogP contribution in [0, 0.1) is 5.41 Å². The van der Waals surface area contributed by atoms with Gasteiger partial charge in [0.05, 0.1) is 17.5 Å². The molecule has 4 heterocycles. The fraction of sp³-hybridized carbons (Fsp3) is 0.615. The Bertz CT molecular complexity index is 749. The predicted octanol–water partition coefficient (Wildman–Crippen LogP) is -0.274. The average molecular weight is 293 g/mol. The van der Waals surface area contributed by atoms with Crippen LogP contribution in [0.5, 0.6) is 0 Å². The van der Waals surface area contributed by atoms with Crippen LogP contribution in [0.4, 0.5) is 0 Å². The number of aromatic nitrogens is 2. The van der Waals surface area contributed by atoms with E-state index in [0.717, 1.165) is 0 Å². The first-order valence-corrected chi connectivity index (χ1v) is 6.80. The molecule has 0 aromatic carbocycles. The van der Waals surface area contributed by atoms with Gasteiger partial charge in [0, 0.05) is 12.5 Å². The number of fused-ring (bicyclic) bond motifs is 7. The molecule has 21 heavy (non-hydrogen) atoms. The molecule has 8 nitrogen and oxygen atoms in total. The third-order valence-corrected chi connectivity index (χ3v) is 4.07. The maximum atomic E-state index is 12.2. The molecule has 112 valence electrons. The summed E-state index contributed by atoms with van der Waals surface area (Å²) in [5.41, 5.74) is -0.642. The zero-order valence-electron chi connectivity index (χ0n) is 11.6. The van der Waals surface area contributed by atoms with Crippen LogP contribution in [0.3, 0.4) is 0 Å². The van der Waals surface area contributed by atoms with Gasteiger partial charge in [-0.3, -0.25) is 14.3 Å². The molecule has 0 aliphatic carbocycles. The van der Waals surface area contributed by atoms with Gasteiger partial charge in [-0.25, -0.2) is 4.79 Å². The summed E-state index contributed by atoms with van der Waals surface area (Å²) in [6.07, 6.45) is -1.52. The molecule has 1 aromatic rings. The topological polar surface area (TPSA) is 106 Å². The predicted molar refractivity (Wildman–Crippen MR) is 70.5 cm³/mol. The lowest BCUT2D eigenvalue weighted by Gasteiger charge is -2.23. The van der Waals surface area contributed by atoms with Crippen molar-refractivity contribution in [2.24, 2.45) is 0 Å². The third kappa shape index (κ3) is 1.76. The van der Waals surface area contributed by atoms with Crippen molar-refractivity contribution >= 4 is 5.71 Å². The smallest absolute Gasteiger partial charge is 0.331 e. The molecule has 0 unspecified atom stereocenters. The van der Waals surface area contributed by atoms with Gasteiger partial charge in [0.25, 0.3) is 5.56 Å². The minimum atomic E-state index is -0.756. The second kappa shape index (κ2) is 3.90. The van der Waals surface area contributed by atoms with Crippen LogP contribution in [-0.4, -0.2) is 39.4 Å². The number of hydrogen-bond acceptors (Lipinski definition) is 6. The van der Waals surface area contributed by atoms with Gasteiger partial charge >= 0.3 is 5.69 Å². The number of ether oxygens (including phenoxy) is 3. The van der Waals surface area contributed by atoms with E-state index in [1.54, 1.807) is 13.8 Å². The molecule has 0 amide bonds. The first kappa shape index (κ1) is 12.9. The molecule has 0 saturated carbocycles. The molecule has 0 spiro atoms. The molecule has 2 fully saturated rings. The number of nitrogens with zero attached hydrogens (tertiary/aromatic N) is 1. The molecular formula is C13H15N3O5. The summed E-state index contributed by atoms with van der Waals surface area (Å²) in [6.45, 7) is 3.61. The van der Waals surface area contributed by atoms with Crippen molar-refractivity contribution in [3.05, 3.63) is 32.6 Å². The Labute approximate surface area is 119 Å². The molecule has 4 atom stereocenters. The lowest BCUT2D eigenvalue weighted by molar-refractivity contribution is -0.195. The fourth-order valence-electron chi connectivity index (χ4n) is 3.33. The van der Waals surface area contributed by atoms with E-state index in [0.29, 0.717) is 0 Å². The zero-order valence-corrected chi connectivity index (χ0v) is 11.6. The molecule has 1 aromatic heterocycles. The Hall–Kier alpha value is -1.77. The lowest BCUT2D eigenvalue weighted by atomic mass is 10.0. The number of hydrogen-bond donors (Lipinski definition) is 2. The molecule has 3 aliphatic heterocycles. The van der Waals surface area contributed by atoms with Crippen LogP contribution in [0.15, 0.2) is 15.7 Å². The van der Waals surface area contributed by atoms with Gasteiger partial charge in [0.15, 0.2) is 12.0 Å². The van der Waals surface area contributed by atoms with Gasteiger partial charge in [-0.2, -0.15) is 0 Å². The van der Waals surface area contributed by atoms with Crippen LogP contribution in [0.2, 0.25) is 0 Å². The molecule has 2 bridgehead atoms. The van der Waals surface area contributed by atoms with Crippen LogP contribution >= 0.6 is 0 Å². The monoisotopic (exact) mass is 293 g/mol. The van der Waals surface area contributed by atoms with Crippen LogP contribution in [-0.2, 0) is 14.2 Å². The summed E-state index contributed by atoms with van der Waals surface area (Å²) in [5.74, 6) is -0.756. The molecule has 8 heteroatoms. The van der Waals surface area contributed by atoms with E-state index >= 15 is 0 Å². The van der Waals surface area contributed by atoms with Crippen molar-refractivity contribution in [3.8, 4) is 0 Å². The molecule has 0 radical (unpaired) electrons. The number of aromatic amines is 1. The van der Waals surface area contributed by atoms with Crippen molar-refractivity contribution < 1.29 is 14.2 Å². The summed E-state index contributed by atoms with van der Waals surface area (Å²) < 4.78 is 18.8. The third-order valence-electron chi connectivity index (χ3n) is 4.07. The normalized spacial score (nSPS) is 36.2. The highest BCUT2D eigenvalue weighted by atomic mass is 16.8. The first-order valence-electron chi connectivity index (χ1n) is 6.80. The summed E-state index contributed by atoms with van der Waals surface area (Å²) in [4.78, 5) is 25.9. The van der Waals surface area contributed by atoms with E-state index in [1.807, 2.05) is 0 Å². The molecule has 2 N–H and O–H groups in total. The van der Waals surface area contributed by atoms with E-state index in [2.05, 4.69) is 4.98 Å². The van der Waals surface area contributed by atoms with Gasteiger partial charge < -0.3 is 19.6 Å². The van der Waals surface area contributed by atoms with Gasteiger partial charge in [-0.15, -0.1) is 0 Å². The Balaban J connectivity index is 1.91. The Kier molecular flexibility index (Phi) is 2.40. The second-order valence-electron chi connectivity index (χ2n) is 6.01. The summed E-state index contributed by atoms with van der Waals surface area (Å²) in [5, 5.41) is 8.12. The maximum Gasteiger partial charge on any atom is 0.331 e. The van der Waals surface area contributed by atoms with Crippen LogP contribution < -0.4 is 11.2 Å². The Morgan fingerprint density at radius 1 is 1.33 bits per heavy atom. The lowest BCUT2D eigenvalue weighted by Crippen LogP contribution is -2.41. The molecule has 3 aliphatic rings. The van der Waals surface area contributed by atoms with Gasteiger partial charge in [-0.05, 0) is 13.8 Å². The minimum Gasteiger partial charge on any atom is -0.348 e. The summed E-state index contributed by atoms with van der Waals surface area (Å²) in [7, 11) is 0. The van der Waals surface area contributed by atoms with E-state index in [-0.39, 0.29) is 30.0 Å². The van der Waals surface area contributed by atoms with Crippen molar-refractivity contribution in [2.75, 3.05) is 0 Å². The molecule has 4 rings (SSSR count). The molecule has 2 saturated heterocycles. The quantitative estimate of drug-likeness (QED) is 0.684. The highest BCUT2D eigenvalue weighted by Crippen LogP contribution is 2.45.